The van der Waals surface area contributed by atoms with Gasteiger partial charge in [0.1, 0.15) is 0 Å². The summed E-state index contributed by atoms with van der Waals surface area (Å²) in [6.07, 6.45) is 9.04. The molecule has 0 heterocycles. The molecule has 0 aromatic carbocycles. The normalized spacial score (nSPS) is 12.1. The monoisotopic (exact) mass is 280 g/mol. The van der Waals surface area contributed by atoms with Crippen LogP contribution in [-0.2, 0) is 0 Å². The van der Waals surface area contributed by atoms with Crippen molar-refractivity contribution in [1.29, 1.82) is 0 Å². The number of rotatable bonds is 7. The van der Waals surface area contributed by atoms with Crippen LogP contribution in [0.2, 0.25) is 6.32 Å². The van der Waals surface area contributed by atoms with Crippen molar-refractivity contribution in [3.05, 3.63) is 25.3 Å². The van der Waals surface area contributed by atoms with E-state index in [4.69, 9.17) is 0 Å². The zero-order chi connectivity index (χ0) is 8.53. The van der Waals surface area contributed by atoms with Gasteiger partial charge in [-0.05, 0) is 19.0 Å². The van der Waals surface area contributed by atoms with Gasteiger partial charge in [-0.1, -0.05) is 46.0 Å². The third kappa shape index (κ3) is 8.61. The Morgan fingerprint density at radius 1 is 1.27 bits per heavy atom. The SMILES string of the molecule is C=CCCBP(I)CCC=C. The third-order valence-corrected chi connectivity index (χ3v) is 5.82. The topological polar surface area (TPSA) is 0 Å². The molecule has 62 valence electrons. The Morgan fingerprint density at radius 3 is 2.45 bits per heavy atom. The Bertz CT molecular complexity index is 117. The second-order valence-electron chi connectivity index (χ2n) is 2.42. The predicted molar refractivity (Wildman–Crippen MR) is 67.4 cm³/mol. The number of allylic oxidation sites excluding steroid dienone is 2. The average molecular weight is 280 g/mol. The highest BCUT2D eigenvalue weighted by Crippen LogP contribution is 2.44. The summed E-state index contributed by atoms with van der Waals surface area (Å²) in [5, 5.41) is 0. The fourth-order valence-electron chi connectivity index (χ4n) is 0.750. The molecule has 0 bridgehead atoms. The Labute approximate surface area is 85.0 Å². The second-order valence-corrected chi connectivity index (χ2v) is 8.33. The van der Waals surface area contributed by atoms with Crippen molar-refractivity contribution >= 4 is 34.5 Å². The van der Waals surface area contributed by atoms with Crippen molar-refractivity contribution in [1.82, 2.24) is 0 Å². The largest absolute Gasteiger partial charge is 0.165 e. The molecule has 0 nitrogen and oxygen atoms in total. The fourth-order valence-corrected chi connectivity index (χ4v) is 3.82. The smallest absolute Gasteiger partial charge is 0.103 e. The summed E-state index contributed by atoms with van der Waals surface area (Å²) in [6.45, 7) is 8.81. The van der Waals surface area contributed by atoms with E-state index in [1.165, 1.54) is 32.3 Å². The van der Waals surface area contributed by atoms with Crippen LogP contribution in [0.15, 0.2) is 25.3 Å². The molecule has 0 amide bonds. The van der Waals surface area contributed by atoms with Crippen LogP contribution in [0.25, 0.3) is 0 Å². The molecule has 0 aliphatic heterocycles. The Hall–Kier alpha value is 0.705. The van der Waals surface area contributed by atoms with Gasteiger partial charge in [-0.3, -0.25) is 0 Å². The van der Waals surface area contributed by atoms with E-state index in [1.807, 2.05) is 12.2 Å². The maximum atomic E-state index is 3.72. The average Bonchev–Trinajstić information content (AvgIpc) is 2.01. The highest BCUT2D eigenvalue weighted by molar-refractivity contribution is 14.2. The molecular formula is C8H15BIP. The molecule has 0 aromatic rings. The van der Waals surface area contributed by atoms with Crippen LogP contribution in [0.4, 0.5) is 0 Å². The quantitative estimate of drug-likeness (QED) is 0.219. The summed E-state index contributed by atoms with van der Waals surface area (Å²) < 4.78 is 0. The van der Waals surface area contributed by atoms with Gasteiger partial charge in [-0.15, -0.1) is 13.2 Å². The van der Waals surface area contributed by atoms with Crippen LogP contribution < -0.4 is 0 Å². The standard InChI is InChI=1S/C8H15BIP/c1-3-5-7-9-11(10)8-6-4-2/h3-4,9H,1-2,5-8H2. The van der Waals surface area contributed by atoms with Gasteiger partial charge in [-0.2, -0.15) is 0 Å². The molecule has 0 fully saturated rings. The predicted octanol–water partition coefficient (Wildman–Crippen LogP) is 3.74. The van der Waals surface area contributed by atoms with Crippen molar-refractivity contribution in [3.63, 3.8) is 0 Å². The van der Waals surface area contributed by atoms with Gasteiger partial charge in [-0.25, -0.2) is 0 Å². The highest BCUT2D eigenvalue weighted by atomic mass is 127. The summed E-state index contributed by atoms with van der Waals surface area (Å²) in [5.41, 5.74) is 0.253. The lowest BCUT2D eigenvalue weighted by Gasteiger charge is -2.05. The lowest BCUT2D eigenvalue weighted by molar-refractivity contribution is 1.21. The molecule has 0 radical (unpaired) electrons. The van der Waals surface area contributed by atoms with E-state index in [0.29, 0.717) is 0 Å². The van der Waals surface area contributed by atoms with Gasteiger partial charge in [0.2, 0.25) is 0 Å². The molecule has 0 saturated heterocycles. The third-order valence-electron chi connectivity index (χ3n) is 1.38. The van der Waals surface area contributed by atoms with Gasteiger partial charge in [0.25, 0.3) is 0 Å². The molecule has 1 unspecified atom stereocenters. The number of halogens is 1. The minimum atomic E-state index is 0.253. The van der Waals surface area contributed by atoms with E-state index < -0.39 is 0 Å². The lowest BCUT2D eigenvalue weighted by atomic mass is 10.0. The minimum absolute atomic E-state index is 0.253. The van der Waals surface area contributed by atoms with Crippen molar-refractivity contribution in [2.75, 3.05) is 6.16 Å². The summed E-state index contributed by atoms with van der Waals surface area (Å²) in [5.74, 6) is 0. The van der Waals surface area contributed by atoms with Crippen molar-refractivity contribution in [2.24, 2.45) is 0 Å². The molecule has 0 aliphatic rings. The minimum Gasteiger partial charge on any atom is -0.103 e. The van der Waals surface area contributed by atoms with Crippen LogP contribution in [0.3, 0.4) is 0 Å². The zero-order valence-corrected chi connectivity index (χ0v) is 9.98. The van der Waals surface area contributed by atoms with Gasteiger partial charge >= 0.3 is 0 Å². The van der Waals surface area contributed by atoms with Crippen molar-refractivity contribution in [2.45, 2.75) is 19.2 Å². The highest BCUT2D eigenvalue weighted by Gasteiger charge is 2.01. The first kappa shape index (κ1) is 11.7. The first-order valence-corrected chi connectivity index (χ1v) is 8.43. The van der Waals surface area contributed by atoms with Crippen LogP contribution in [0, 0.1) is 0 Å². The molecule has 0 aromatic heterocycles. The van der Waals surface area contributed by atoms with Gasteiger partial charge < -0.3 is 0 Å². The first-order chi connectivity index (χ1) is 5.31. The van der Waals surface area contributed by atoms with Crippen LogP contribution in [0.1, 0.15) is 12.8 Å². The number of hydrogen-bond acceptors (Lipinski definition) is 0. The van der Waals surface area contributed by atoms with Gasteiger partial charge in [0.05, 0.1) is 0 Å². The molecule has 0 saturated carbocycles. The molecule has 11 heavy (non-hydrogen) atoms. The molecule has 0 aliphatic carbocycles. The molecule has 0 spiro atoms. The summed E-state index contributed by atoms with van der Waals surface area (Å²) in [4.78, 5) is 0. The Kier molecular flexibility index (Phi) is 9.36. The summed E-state index contributed by atoms with van der Waals surface area (Å²) in [6, 6.07) is 0. The van der Waals surface area contributed by atoms with Crippen LogP contribution in [-0.4, -0.2) is 13.2 Å². The van der Waals surface area contributed by atoms with Gasteiger partial charge in [0.15, 0.2) is 7.00 Å². The molecule has 0 N–H and O–H groups in total. The summed E-state index contributed by atoms with van der Waals surface area (Å²) in [7, 11) is 0. The van der Waals surface area contributed by atoms with Gasteiger partial charge in [0, 0.05) is 0 Å². The summed E-state index contributed by atoms with van der Waals surface area (Å²) >= 11 is 2.59. The maximum absolute atomic E-state index is 3.72. The van der Waals surface area contributed by atoms with E-state index in [0.717, 1.165) is 0 Å². The fraction of sp³-hybridized carbons (Fsp3) is 0.500. The Morgan fingerprint density at radius 2 is 1.91 bits per heavy atom. The first-order valence-electron chi connectivity index (χ1n) is 3.93. The van der Waals surface area contributed by atoms with E-state index in [1.54, 1.807) is 0 Å². The van der Waals surface area contributed by atoms with Crippen LogP contribution in [0.5, 0.6) is 0 Å². The Balaban J connectivity index is 3.14. The van der Waals surface area contributed by atoms with E-state index in [2.05, 4.69) is 35.2 Å². The molecule has 1 atom stereocenters. The second kappa shape index (κ2) is 8.80. The van der Waals surface area contributed by atoms with E-state index in [-0.39, 0.29) is 5.44 Å². The maximum Gasteiger partial charge on any atom is 0.165 e. The van der Waals surface area contributed by atoms with Crippen molar-refractivity contribution < 1.29 is 0 Å². The lowest BCUT2D eigenvalue weighted by Crippen LogP contribution is -1.86. The molecule has 3 heteroatoms. The van der Waals surface area contributed by atoms with Crippen molar-refractivity contribution in [3.8, 4) is 0 Å². The number of hydrogen-bond donors (Lipinski definition) is 0. The van der Waals surface area contributed by atoms with Crippen LogP contribution >= 0.6 is 27.5 Å². The zero-order valence-electron chi connectivity index (χ0n) is 6.93. The molecular weight excluding hydrogens is 265 g/mol. The van der Waals surface area contributed by atoms with E-state index in [9.17, 15) is 0 Å². The molecule has 0 rings (SSSR count). The van der Waals surface area contributed by atoms with E-state index >= 15 is 0 Å².